The Bertz CT molecular complexity index is 685. The van der Waals surface area contributed by atoms with Crippen LogP contribution in [0.3, 0.4) is 0 Å². The minimum Gasteiger partial charge on any atom is -0.463 e. The molecule has 12 nitrogen and oxygen atoms in total. The van der Waals surface area contributed by atoms with Gasteiger partial charge in [-0.25, -0.2) is 0 Å². The summed E-state index contributed by atoms with van der Waals surface area (Å²) in [6.45, 7) is 4.25. The summed E-state index contributed by atoms with van der Waals surface area (Å²) < 4.78 is 26.4. The number of rotatable bonds is 7. The number of nitrogens with two attached hydrogens (primary N) is 1. The lowest BCUT2D eigenvalue weighted by Gasteiger charge is -2.43. The molecule has 1 aliphatic rings. The Kier molecular flexibility index (Phi) is 9.41. The molecule has 1 saturated heterocycles. The average molecular weight is 433 g/mol. The summed E-state index contributed by atoms with van der Waals surface area (Å²) >= 11 is 4.64. The molecule has 13 heteroatoms. The van der Waals surface area contributed by atoms with Crippen molar-refractivity contribution in [1.29, 1.82) is 0 Å². The van der Waals surface area contributed by atoms with Crippen molar-refractivity contribution in [2.45, 2.75) is 58.2 Å². The number of hydrogen-bond acceptors (Lipinski definition) is 11. The van der Waals surface area contributed by atoms with Crippen LogP contribution in [-0.2, 0) is 42.9 Å². The second-order valence-electron chi connectivity index (χ2n) is 5.92. The van der Waals surface area contributed by atoms with E-state index in [0.717, 1.165) is 20.8 Å². The molecular formula is C16H23N3O9S. The molecule has 1 rings (SSSR count). The number of carbonyl (C=O) groups excluding carboxylic acids is 4. The van der Waals surface area contributed by atoms with E-state index >= 15 is 0 Å². The Balaban J connectivity index is 3.31. The second-order valence-corrected chi connectivity index (χ2v) is 6.36. The van der Waals surface area contributed by atoms with E-state index in [4.69, 9.17) is 29.4 Å². The fourth-order valence-electron chi connectivity index (χ4n) is 2.56. The maximum Gasteiger partial charge on any atom is 0.303 e. The smallest absolute Gasteiger partial charge is 0.303 e. The van der Waals surface area contributed by atoms with Crippen LogP contribution in [0, 0.1) is 0 Å². The van der Waals surface area contributed by atoms with Gasteiger partial charge in [0.15, 0.2) is 23.4 Å². The Morgan fingerprint density at radius 3 is 1.97 bits per heavy atom. The highest BCUT2D eigenvalue weighted by Gasteiger charge is 2.51. The number of nitrogens with zero attached hydrogens (tertiary/aromatic N) is 1. The summed E-state index contributed by atoms with van der Waals surface area (Å²) in [4.78, 5) is 46.0. The third-order valence-corrected chi connectivity index (χ3v) is 3.51. The first kappa shape index (κ1) is 24.2. The zero-order chi connectivity index (χ0) is 22.1. The van der Waals surface area contributed by atoms with E-state index in [-0.39, 0.29) is 11.7 Å². The van der Waals surface area contributed by atoms with Crippen molar-refractivity contribution in [3.05, 3.63) is 0 Å². The summed E-state index contributed by atoms with van der Waals surface area (Å²) in [6, 6.07) is 0. The number of carbonyl (C=O) groups is 4. The van der Waals surface area contributed by atoms with Gasteiger partial charge >= 0.3 is 23.9 Å². The summed E-state index contributed by atoms with van der Waals surface area (Å²) in [5, 5.41) is 3.64. The Morgan fingerprint density at radius 2 is 1.48 bits per heavy atom. The molecule has 0 bridgehead atoms. The third kappa shape index (κ3) is 8.39. The van der Waals surface area contributed by atoms with Gasteiger partial charge < -0.3 is 29.4 Å². The zero-order valence-electron chi connectivity index (χ0n) is 16.3. The van der Waals surface area contributed by atoms with Crippen molar-refractivity contribution < 1.29 is 42.9 Å². The van der Waals surface area contributed by atoms with Gasteiger partial charge in [0.05, 0.1) is 6.21 Å². The SMILES string of the molecule is CC(=O)OC[C@H]1O[C@@H](/C=N\NC(N)=S)[C@H](OC(C)=O)[C@@H](OC(C)=O)[C@H]1OC(C)=O. The maximum atomic E-state index is 11.6. The quantitative estimate of drug-likeness (QED) is 0.164. The van der Waals surface area contributed by atoms with Gasteiger partial charge in [0.2, 0.25) is 0 Å². The third-order valence-electron chi connectivity index (χ3n) is 3.42. The summed E-state index contributed by atoms with van der Waals surface area (Å²) in [5.41, 5.74) is 7.61. The molecule has 0 aromatic carbocycles. The zero-order valence-corrected chi connectivity index (χ0v) is 17.1. The molecule has 5 atom stereocenters. The number of esters is 4. The highest BCUT2D eigenvalue weighted by Crippen LogP contribution is 2.28. The van der Waals surface area contributed by atoms with Crippen molar-refractivity contribution in [2.24, 2.45) is 10.8 Å². The predicted octanol–water partition coefficient (Wildman–Crippen LogP) is -1.07. The van der Waals surface area contributed by atoms with Gasteiger partial charge in [-0.15, -0.1) is 0 Å². The molecule has 162 valence electrons. The molecular weight excluding hydrogens is 410 g/mol. The van der Waals surface area contributed by atoms with Crippen molar-refractivity contribution in [1.82, 2.24) is 5.43 Å². The van der Waals surface area contributed by atoms with E-state index in [0.29, 0.717) is 0 Å². The van der Waals surface area contributed by atoms with Gasteiger partial charge in [0.1, 0.15) is 18.8 Å². The number of hydrazone groups is 1. The number of hydrogen-bond donors (Lipinski definition) is 2. The molecule has 1 fully saturated rings. The van der Waals surface area contributed by atoms with E-state index in [1.165, 1.54) is 13.1 Å². The van der Waals surface area contributed by atoms with Crippen LogP contribution >= 0.6 is 12.2 Å². The standard InChI is InChI=1S/C16H23N3O9S/c1-7(20)24-6-12-14(26-9(3)22)15(27-10(4)23)13(25-8(2)21)11(28-12)5-18-19-16(17)29/h5,11-15H,6H2,1-4H3,(H3,17,19,29)/b18-5-/t11-,12+,13-,14-,15+/m0/s1. The van der Waals surface area contributed by atoms with Crippen LogP contribution in [0.2, 0.25) is 0 Å². The number of nitrogens with one attached hydrogen (secondary N) is 1. The maximum absolute atomic E-state index is 11.6. The number of thiocarbonyl (C=S) groups is 1. The second kappa shape index (κ2) is 11.3. The molecule has 0 aliphatic carbocycles. The molecule has 0 aromatic rings. The Hall–Kier alpha value is -2.80. The van der Waals surface area contributed by atoms with Crippen molar-refractivity contribution in [3.8, 4) is 0 Å². The topological polar surface area (TPSA) is 165 Å². The van der Waals surface area contributed by atoms with Crippen LogP contribution < -0.4 is 11.2 Å². The molecule has 0 aromatic heterocycles. The fourth-order valence-corrected chi connectivity index (χ4v) is 2.61. The van der Waals surface area contributed by atoms with Gasteiger partial charge in [0.25, 0.3) is 0 Å². The molecule has 0 unspecified atom stereocenters. The summed E-state index contributed by atoms with van der Waals surface area (Å²) in [5.74, 6) is -2.76. The molecule has 0 amide bonds. The largest absolute Gasteiger partial charge is 0.463 e. The molecule has 0 saturated carbocycles. The van der Waals surface area contributed by atoms with E-state index in [9.17, 15) is 19.2 Å². The Morgan fingerprint density at radius 1 is 0.966 bits per heavy atom. The first-order chi connectivity index (χ1) is 13.5. The van der Waals surface area contributed by atoms with Crippen LogP contribution in [-0.4, -0.2) is 72.3 Å². The Labute approximate surface area is 172 Å². The van der Waals surface area contributed by atoms with Gasteiger partial charge in [0, 0.05) is 27.7 Å². The molecule has 0 spiro atoms. The highest BCUT2D eigenvalue weighted by atomic mass is 32.1. The van der Waals surface area contributed by atoms with Gasteiger partial charge in [-0.1, -0.05) is 0 Å². The van der Waals surface area contributed by atoms with Gasteiger partial charge in [-0.3, -0.25) is 24.6 Å². The monoisotopic (exact) mass is 433 g/mol. The first-order valence-electron chi connectivity index (χ1n) is 8.40. The van der Waals surface area contributed by atoms with E-state index in [2.05, 4.69) is 22.7 Å². The highest BCUT2D eigenvalue weighted by molar-refractivity contribution is 7.80. The number of ether oxygens (including phenoxy) is 5. The first-order valence-corrected chi connectivity index (χ1v) is 8.81. The van der Waals surface area contributed by atoms with Crippen LogP contribution in [0.5, 0.6) is 0 Å². The molecule has 1 aliphatic heterocycles. The van der Waals surface area contributed by atoms with Crippen LogP contribution in [0.4, 0.5) is 0 Å². The van der Waals surface area contributed by atoms with Crippen molar-refractivity contribution >= 4 is 47.4 Å². The van der Waals surface area contributed by atoms with Gasteiger partial charge in [-0.2, -0.15) is 5.10 Å². The minimum absolute atomic E-state index is 0.133. The lowest BCUT2D eigenvalue weighted by Crippen LogP contribution is -2.62. The molecule has 3 N–H and O–H groups in total. The lowest BCUT2D eigenvalue weighted by molar-refractivity contribution is -0.240. The van der Waals surface area contributed by atoms with Crippen molar-refractivity contribution in [3.63, 3.8) is 0 Å². The predicted molar refractivity (Wildman–Crippen MR) is 100 cm³/mol. The van der Waals surface area contributed by atoms with E-state index < -0.39 is 54.4 Å². The fraction of sp³-hybridized carbons (Fsp3) is 0.625. The van der Waals surface area contributed by atoms with E-state index in [1.807, 2.05) is 0 Å². The molecule has 1 heterocycles. The van der Waals surface area contributed by atoms with E-state index in [1.54, 1.807) is 0 Å². The summed E-state index contributed by atoms with van der Waals surface area (Å²) in [7, 11) is 0. The van der Waals surface area contributed by atoms with Crippen LogP contribution in [0.1, 0.15) is 27.7 Å². The van der Waals surface area contributed by atoms with Crippen molar-refractivity contribution in [2.75, 3.05) is 6.61 Å². The van der Waals surface area contributed by atoms with Crippen LogP contribution in [0.15, 0.2) is 5.10 Å². The van der Waals surface area contributed by atoms with Gasteiger partial charge in [-0.05, 0) is 12.2 Å². The molecule has 0 radical (unpaired) electrons. The van der Waals surface area contributed by atoms with Crippen LogP contribution in [0.25, 0.3) is 0 Å². The normalized spacial score (nSPS) is 26.3. The minimum atomic E-state index is -1.27. The molecule has 29 heavy (non-hydrogen) atoms. The summed E-state index contributed by atoms with van der Waals surface area (Å²) in [6.07, 6.45) is -4.69. The lowest BCUT2D eigenvalue weighted by atomic mass is 9.94. The average Bonchev–Trinajstić information content (AvgIpc) is 2.56.